The predicted molar refractivity (Wildman–Crippen MR) is 320 cm³/mol. The zero-order chi connectivity index (χ0) is 53.6. The van der Waals surface area contributed by atoms with E-state index >= 15 is 0 Å². The highest BCUT2D eigenvalue weighted by atomic mass is 16.6. The Morgan fingerprint density at radius 1 is 0.284 bits per heavy atom. The highest BCUT2D eigenvalue weighted by Crippen LogP contribution is 2.15. The number of allylic oxidation sites excluding steroid dienone is 18. The van der Waals surface area contributed by atoms with Crippen molar-refractivity contribution in [2.45, 2.75) is 290 Å². The van der Waals surface area contributed by atoms with Crippen molar-refractivity contribution in [3.05, 3.63) is 109 Å². The first-order valence-corrected chi connectivity index (χ1v) is 30.9. The molecule has 0 aliphatic rings. The molecule has 0 saturated heterocycles. The molecule has 0 aliphatic heterocycles. The van der Waals surface area contributed by atoms with E-state index in [1.807, 2.05) is 6.08 Å². The highest BCUT2D eigenvalue weighted by molar-refractivity contribution is 5.71. The summed E-state index contributed by atoms with van der Waals surface area (Å²) in [6.07, 6.45) is 83.8. The molecule has 0 aromatic heterocycles. The third kappa shape index (κ3) is 59.0. The molecule has 0 heterocycles. The summed E-state index contributed by atoms with van der Waals surface area (Å²) in [6.45, 7) is 6.45. The smallest absolute Gasteiger partial charge is 0.306 e. The van der Waals surface area contributed by atoms with E-state index in [0.29, 0.717) is 19.3 Å². The van der Waals surface area contributed by atoms with Gasteiger partial charge in [-0.2, -0.15) is 0 Å². The zero-order valence-corrected chi connectivity index (χ0v) is 48.3. The van der Waals surface area contributed by atoms with Gasteiger partial charge in [-0.1, -0.05) is 259 Å². The summed E-state index contributed by atoms with van der Waals surface area (Å²) in [6, 6.07) is 0. The fourth-order valence-electron chi connectivity index (χ4n) is 8.38. The van der Waals surface area contributed by atoms with E-state index in [2.05, 4.69) is 124 Å². The first-order chi connectivity index (χ1) is 36.5. The molecule has 0 N–H and O–H groups in total. The average molecular weight is 1030 g/mol. The van der Waals surface area contributed by atoms with Crippen LogP contribution in [-0.2, 0) is 28.6 Å². The zero-order valence-electron chi connectivity index (χ0n) is 48.3. The number of rotatable bonds is 55. The SMILES string of the molecule is CC/C=C\C/C=C\C/C=C\C/C=C\C/C=C\C/C=C\CCC(=O)OCC(COC(=O)CCCCCCCCC/C=C\CCCCCCCCC)OC(=O)CCCCCCCCCCC/C=C\C/C=C\CCCCC. The van der Waals surface area contributed by atoms with Crippen molar-refractivity contribution in [1.29, 1.82) is 0 Å². The molecule has 6 heteroatoms. The minimum atomic E-state index is -0.816. The molecule has 0 saturated carbocycles. The van der Waals surface area contributed by atoms with Crippen molar-refractivity contribution in [3.8, 4) is 0 Å². The lowest BCUT2D eigenvalue weighted by atomic mass is 10.1. The van der Waals surface area contributed by atoms with Gasteiger partial charge in [0, 0.05) is 19.3 Å². The van der Waals surface area contributed by atoms with Gasteiger partial charge in [0.15, 0.2) is 6.10 Å². The number of hydrogen-bond donors (Lipinski definition) is 0. The third-order valence-electron chi connectivity index (χ3n) is 13.0. The maximum atomic E-state index is 12.9. The van der Waals surface area contributed by atoms with Crippen LogP contribution in [0.2, 0.25) is 0 Å². The van der Waals surface area contributed by atoms with Gasteiger partial charge in [0.25, 0.3) is 0 Å². The van der Waals surface area contributed by atoms with E-state index < -0.39 is 6.10 Å². The van der Waals surface area contributed by atoms with Crippen LogP contribution in [0.4, 0.5) is 0 Å². The lowest BCUT2D eigenvalue weighted by Crippen LogP contribution is -2.30. The molecule has 0 aliphatic carbocycles. The summed E-state index contributed by atoms with van der Waals surface area (Å²) in [7, 11) is 0. The van der Waals surface area contributed by atoms with Crippen molar-refractivity contribution in [2.24, 2.45) is 0 Å². The number of carbonyl (C=O) groups excluding carboxylic acids is 3. The van der Waals surface area contributed by atoms with Crippen molar-refractivity contribution in [2.75, 3.05) is 13.2 Å². The molecule has 422 valence electrons. The Hall–Kier alpha value is -3.93. The van der Waals surface area contributed by atoms with Gasteiger partial charge in [0.2, 0.25) is 0 Å². The molecule has 0 amide bonds. The summed E-state index contributed by atoms with van der Waals surface area (Å²) in [5, 5.41) is 0. The van der Waals surface area contributed by atoms with Crippen LogP contribution >= 0.6 is 0 Å². The van der Waals surface area contributed by atoms with Crippen LogP contribution in [0.15, 0.2) is 109 Å². The predicted octanol–water partition coefficient (Wildman–Crippen LogP) is 21.0. The lowest BCUT2D eigenvalue weighted by molar-refractivity contribution is -0.166. The van der Waals surface area contributed by atoms with Gasteiger partial charge in [-0.15, -0.1) is 0 Å². The molecule has 0 rings (SSSR count). The van der Waals surface area contributed by atoms with Crippen LogP contribution in [0.3, 0.4) is 0 Å². The first kappa shape index (κ1) is 70.1. The topological polar surface area (TPSA) is 78.9 Å². The van der Waals surface area contributed by atoms with Crippen molar-refractivity contribution in [1.82, 2.24) is 0 Å². The maximum Gasteiger partial charge on any atom is 0.306 e. The maximum absolute atomic E-state index is 12.9. The Labute approximate surface area is 457 Å². The van der Waals surface area contributed by atoms with Crippen LogP contribution < -0.4 is 0 Å². The van der Waals surface area contributed by atoms with Gasteiger partial charge < -0.3 is 14.2 Å². The van der Waals surface area contributed by atoms with Crippen molar-refractivity contribution >= 4 is 17.9 Å². The first-order valence-electron chi connectivity index (χ1n) is 30.9. The second kappa shape index (κ2) is 61.6. The van der Waals surface area contributed by atoms with Gasteiger partial charge in [0.05, 0.1) is 0 Å². The minimum Gasteiger partial charge on any atom is -0.462 e. The fraction of sp³-hybridized carbons (Fsp3) is 0.691. The van der Waals surface area contributed by atoms with Gasteiger partial charge >= 0.3 is 17.9 Å². The molecule has 0 fully saturated rings. The lowest BCUT2D eigenvalue weighted by Gasteiger charge is -2.18. The number of hydrogen-bond acceptors (Lipinski definition) is 6. The van der Waals surface area contributed by atoms with Crippen LogP contribution in [0, 0.1) is 0 Å². The molecule has 1 atom stereocenters. The Morgan fingerprint density at radius 2 is 0.554 bits per heavy atom. The summed E-state index contributed by atoms with van der Waals surface area (Å²) in [4.78, 5) is 38.3. The standard InChI is InChI=1S/C68H114O6/c1-4-7-10-13-16-19-22-25-28-31-34-37-40-43-46-49-52-55-58-61-67(70)73-64-65(63-72-66(69)60-57-54-51-48-45-42-39-36-33-30-27-24-21-18-15-12-9-6-3)74-68(71)62-59-56-53-50-47-44-41-38-35-32-29-26-23-20-17-14-11-8-5-2/h7,10,16-17,19-20,25-26,28-30,33-34,37,43,46,52,55,65H,4-6,8-9,11-15,18,21-24,27,31-32,35-36,38-42,44-45,47-51,53-54,56-64H2,1-3H3/b10-7-,19-16-,20-17-,28-25-,29-26-,33-30-,37-34-,46-43-,55-52-. The van der Waals surface area contributed by atoms with E-state index in [1.54, 1.807) is 0 Å². The molecular formula is C68H114O6. The molecule has 0 bridgehead atoms. The molecule has 0 aromatic rings. The molecule has 74 heavy (non-hydrogen) atoms. The average Bonchev–Trinajstić information content (AvgIpc) is 3.40. The van der Waals surface area contributed by atoms with E-state index in [-0.39, 0.29) is 37.5 Å². The number of carbonyl (C=O) groups is 3. The minimum absolute atomic E-state index is 0.106. The Balaban J connectivity index is 4.51. The van der Waals surface area contributed by atoms with Crippen LogP contribution in [0.5, 0.6) is 0 Å². The highest BCUT2D eigenvalue weighted by Gasteiger charge is 2.19. The van der Waals surface area contributed by atoms with Gasteiger partial charge in [-0.25, -0.2) is 0 Å². The van der Waals surface area contributed by atoms with E-state index in [9.17, 15) is 14.4 Å². The van der Waals surface area contributed by atoms with Gasteiger partial charge in [-0.3, -0.25) is 14.4 Å². The van der Waals surface area contributed by atoms with Gasteiger partial charge in [0.1, 0.15) is 13.2 Å². The second-order valence-electron chi connectivity index (χ2n) is 20.2. The van der Waals surface area contributed by atoms with E-state index in [0.717, 1.165) is 83.5 Å². The molecule has 1 unspecified atom stereocenters. The normalized spacial score (nSPS) is 12.9. The molecule has 6 nitrogen and oxygen atoms in total. The van der Waals surface area contributed by atoms with Crippen LogP contribution in [-0.4, -0.2) is 37.2 Å². The summed E-state index contributed by atoms with van der Waals surface area (Å²) in [5.41, 5.74) is 0. The Bertz CT molecular complexity index is 1510. The van der Waals surface area contributed by atoms with Crippen LogP contribution in [0.1, 0.15) is 284 Å². The van der Waals surface area contributed by atoms with Gasteiger partial charge in [-0.05, 0) is 116 Å². The molecule has 0 radical (unpaired) electrons. The Kier molecular flexibility index (Phi) is 58.3. The van der Waals surface area contributed by atoms with E-state index in [1.165, 1.54) is 154 Å². The summed E-state index contributed by atoms with van der Waals surface area (Å²) in [5.74, 6) is -0.997. The number of unbranched alkanes of at least 4 members (excludes halogenated alkanes) is 26. The monoisotopic (exact) mass is 1030 g/mol. The molecule has 0 aromatic carbocycles. The fourth-order valence-corrected chi connectivity index (χ4v) is 8.38. The third-order valence-corrected chi connectivity index (χ3v) is 13.0. The molecular weight excluding hydrogens is 913 g/mol. The second-order valence-corrected chi connectivity index (χ2v) is 20.2. The Morgan fingerprint density at radius 3 is 0.946 bits per heavy atom. The largest absolute Gasteiger partial charge is 0.462 e. The summed E-state index contributed by atoms with van der Waals surface area (Å²) >= 11 is 0. The quantitative estimate of drug-likeness (QED) is 0.0261. The number of ether oxygens (including phenoxy) is 3. The summed E-state index contributed by atoms with van der Waals surface area (Å²) < 4.78 is 16.8. The molecule has 0 spiro atoms. The number of esters is 3. The van der Waals surface area contributed by atoms with Crippen LogP contribution in [0.25, 0.3) is 0 Å². The van der Waals surface area contributed by atoms with Crippen molar-refractivity contribution < 1.29 is 28.6 Å². The van der Waals surface area contributed by atoms with Crippen molar-refractivity contribution in [3.63, 3.8) is 0 Å². The van der Waals surface area contributed by atoms with E-state index in [4.69, 9.17) is 14.2 Å².